The maximum Gasteiger partial charge on any atom is 0.222 e. The molecule has 1 aliphatic rings. The van der Waals surface area contributed by atoms with Gasteiger partial charge in [0.2, 0.25) is 5.91 Å². The molecule has 0 radical (unpaired) electrons. The van der Waals surface area contributed by atoms with Gasteiger partial charge in [0.05, 0.1) is 0 Å². The van der Waals surface area contributed by atoms with Crippen LogP contribution >= 0.6 is 0 Å². The van der Waals surface area contributed by atoms with E-state index in [9.17, 15) is 4.79 Å². The smallest absolute Gasteiger partial charge is 0.222 e. The van der Waals surface area contributed by atoms with Gasteiger partial charge in [-0.25, -0.2) is 0 Å². The van der Waals surface area contributed by atoms with Gasteiger partial charge in [0.15, 0.2) is 0 Å². The van der Waals surface area contributed by atoms with Gasteiger partial charge in [0, 0.05) is 32.6 Å². The van der Waals surface area contributed by atoms with Crippen molar-refractivity contribution in [3.8, 4) is 0 Å². The van der Waals surface area contributed by atoms with Gasteiger partial charge in [-0.15, -0.1) is 0 Å². The van der Waals surface area contributed by atoms with Crippen LogP contribution in [0.4, 0.5) is 0 Å². The van der Waals surface area contributed by atoms with Gasteiger partial charge < -0.3 is 10.2 Å². The van der Waals surface area contributed by atoms with Crippen molar-refractivity contribution in [1.29, 1.82) is 0 Å². The summed E-state index contributed by atoms with van der Waals surface area (Å²) < 4.78 is 0. The first-order valence-electron chi connectivity index (χ1n) is 5.22. The van der Waals surface area contributed by atoms with Crippen LogP contribution in [0, 0.1) is 5.92 Å². The zero-order valence-electron chi connectivity index (χ0n) is 8.68. The Morgan fingerprint density at radius 2 is 2.08 bits per heavy atom. The predicted molar refractivity (Wildman–Crippen MR) is 53.5 cm³/mol. The summed E-state index contributed by atoms with van der Waals surface area (Å²) in [4.78, 5) is 13.6. The number of carbonyl (C=O) groups excluding carboxylic acids is 1. The molecule has 3 nitrogen and oxygen atoms in total. The van der Waals surface area contributed by atoms with Crippen molar-refractivity contribution in [3.63, 3.8) is 0 Å². The lowest BCUT2D eigenvalue weighted by atomic mass is 10.0. The molecule has 1 heterocycles. The maximum atomic E-state index is 11.7. The lowest BCUT2D eigenvalue weighted by Crippen LogP contribution is -2.46. The number of carbonyl (C=O) groups is 1. The lowest BCUT2D eigenvalue weighted by molar-refractivity contribution is -0.132. The first-order valence-corrected chi connectivity index (χ1v) is 5.22. The Kier molecular flexibility index (Phi) is 4.22. The van der Waals surface area contributed by atoms with Crippen molar-refractivity contribution in [2.45, 2.75) is 26.7 Å². The quantitative estimate of drug-likeness (QED) is 0.705. The van der Waals surface area contributed by atoms with Crippen molar-refractivity contribution in [3.05, 3.63) is 0 Å². The maximum absolute atomic E-state index is 11.7. The molecule has 1 N–H and O–H groups in total. The highest BCUT2D eigenvalue weighted by Crippen LogP contribution is 2.09. The average molecular weight is 184 g/mol. The van der Waals surface area contributed by atoms with Crippen LogP contribution in [0.15, 0.2) is 0 Å². The van der Waals surface area contributed by atoms with Crippen LogP contribution in [0.1, 0.15) is 26.7 Å². The van der Waals surface area contributed by atoms with E-state index in [1.807, 2.05) is 4.90 Å². The van der Waals surface area contributed by atoms with Crippen LogP contribution in [0.2, 0.25) is 0 Å². The summed E-state index contributed by atoms with van der Waals surface area (Å²) in [7, 11) is 0. The number of nitrogens with zero attached hydrogens (tertiary/aromatic N) is 1. The number of nitrogens with one attached hydrogen (secondary N) is 1. The molecule has 0 spiro atoms. The van der Waals surface area contributed by atoms with E-state index >= 15 is 0 Å². The van der Waals surface area contributed by atoms with Gasteiger partial charge in [-0.1, -0.05) is 20.3 Å². The highest BCUT2D eigenvalue weighted by atomic mass is 16.2. The van der Waals surface area contributed by atoms with E-state index in [1.165, 1.54) is 0 Å². The Hall–Kier alpha value is -0.570. The van der Waals surface area contributed by atoms with Gasteiger partial charge in [-0.2, -0.15) is 0 Å². The van der Waals surface area contributed by atoms with Gasteiger partial charge in [-0.3, -0.25) is 4.79 Å². The molecule has 13 heavy (non-hydrogen) atoms. The van der Waals surface area contributed by atoms with Crippen molar-refractivity contribution in [2.24, 2.45) is 5.92 Å². The van der Waals surface area contributed by atoms with E-state index in [1.54, 1.807) is 0 Å². The van der Waals surface area contributed by atoms with Crippen molar-refractivity contribution >= 4 is 5.91 Å². The minimum atomic E-state index is 0.329. The molecular formula is C10H20N2O. The molecule has 0 unspecified atom stereocenters. The summed E-state index contributed by atoms with van der Waals surface area (Å²) in [5, 5.41) is 3.24. The van der Waals surface area contributed by atoms with E-state index in [0.717, 1.165) is 39.0 Å². The molecule has 1 aliphatic heterocycles. The molecule has 0 aromatic heterocycles. The minimum absolute atomic E-state index is 0.329. The SMILES string of the molecule is CC[C@H](C)CC(=O)N1CCNCC1. The standard InChI is InChI=1S/C10H20N2O/c1-3-9(2)8-10(13)12-6-4-11-5-7-12/h9,11H,3-8H2,1-2H3/t9-/m0/s1. The number of hydrogen-bond acceptors (Lipinski definition) is 2. The second-order valence-electron chi connectivity index (χ2n) is 3.85. The Morgan fingerprint density at radius 1 is 1.46 bits per heavy atom. The third-order valence-electron chi connectivity index (χ3n) is 2.69. The topological polar surface area (TPSA) is 32.3 Å². The molecule has 0 aromatic rings. The average Bonchev–Trinajstić information content (AvgIpc) is 2.19. The summed E-state index contributed by atoms with van der Waals surface area (Å²) in [5.74, 6) is 0.859. The zero-order valence-corrected chi connectivity index (χ0v) is 8.68. The van der Waals surface area contributed by atoms with E-state index in [0.29, 0.717) is 11.8 Å². The van der Waals surface area contributed by atoms with E-state index in [2.05, 4.69) is 19.2 Å². The molecule has 1 amide bonds. The summed E-state index contributed by atoms with van der Waals surface area (Å²) in [5.41, 5.74) is 0. The third kappa shape index (κ3) is 3.35. The van der Waals surface area contributed by atoms with Crippen LogP contribution in [-0.2, 0) is 4.79 Å². The molecule has 0 aromatic carbocycles. The Balaban J connectivity index is 2.29. The van der Waals surface area contributed by atoms with Crippen LogP contribution < -0.4 is 5.32 Å². The monoisotopic (exact) mass is 184 g/mol. The molecule has 1 saturated heterocycles. The molecule has 0 bridgehead atoms. The summed E-state index contributed by atoms with van der Waals surface area (Å²) >= 11 is 0. The van der Waals surface area contributed by atoms with E-state index < -0.39 is 0 Å². The summed E-state index contributed by atoms with van der Waals surface area (Å²) in [6, 6.07) is 0. The Morgan fingerprint density at radius 3 is 2.62 bits per heavy atom. The predicted octanol–water partition coefficient (Wildman–Crippen LogP) is 0.854. The van der Waals surface area contributed by atoms with E-state index in [-0.39, 0.29) is 0 Å². The fourth-order valence-electron chi connectivity index (χ4n) is 1.49. The first kappa shape index (κ1) is 10.5. The highest BCUT2D eigenvalue weighted by Gasteiger charge is 2.17. The molecule has 0 saturated carbocycles. The van der Waals surface area contributed by atoms with Gasteiger partial charge in [-0.05, 0) is 5.92 Å². The Bertz CT molecular complexity index is 164. The Labute approximate surface area is 80.5 Å². The molecule has 1 rings (SSSR count). The number of piperazine rings is 1. The van der Waals surface area contributed by atoms with Crippen molar-refractivity contribution in [2.75, 3.05) is 26.2 Å². The molecular weight excluding hydrogens is 164 g/mol. The minimum Gasteiger partial charge on any atom is -0.340 e. The first-order chi connectivity index (χ1) is 6.24. The van der Waals surface area contributed by atoms with E-state index in [4.69, 9.17) is 0 Å². The summed E-state index contributed by atoms with van der Waals surface area (Å²) in [6.07, 6.45) is 1.81. The second kappa shape index (κ2) is 5.22. The van der Waals surface area contributed by atoms with Crippen LogP contribution in [-0.4, -0.2) is 37.0 Å². The number of hydrogen-bond donors (Lipinski definition) is 1. The fraction of sp³-hybridized carbons (Fsp3) is 0.900. The van der Waals surface area contributed by atoms with Crippen molar-refractivity contribution < 1.29 is 4.79 Å². The second-order valence-corrected chi connectivity index (χ2v) is 3.85. The van der Waals surface area contributed by atoms with Crippen molar-refractivity contribution in [1.82, 2.24) is 10.2 Å². The van der Waals surface area contributed by atoms with Crippen LogP contribution in [0.5, 0.6) is 0 Å². The fourth-order valence-corrected chi connectivity index (χ4v) is 1.49. The van der Waals surface area contributed by atoms with Gasteiger partial charge >= 0.3 is 0 Å². The van der Waals surface area contributed by atoms with Gasteiger partial charge in [0.25, 0.3) is 0 Å². The molecule has 1 atom stereocenters. The number of rotatable bonds is 3. The molecule has 76 valence electrons. The number of amides is 1. The van der Waals surface area contributed by atoms with Gasteiger partial charge in [0.1, 0.15) is 0 Å². The highest BCUT2D eigenvalue weighted by molar-refractivity contribution is 5.76. The molecule has 3 heteroatoms. The molecule has 0 aliphatic carbocycles. The molecule has 1 fully saturated rings. The third-order valence-corrected chi connectivity index (χ3v) is 2.69. The summed E-state index contributed by atoms with van der Waals surface area (Å²) in [6.45, 7) is 7.94. The normalized spacial score (nSPS) is 20.0. The zero-order chi connectivity index (χ0) is 9.68. The van der Waals surface area contributed by atoms with Crippen LogP contribution in [0.3, 0.4) is 0 Å². The lowest BCUT2D eigenvalue weighted by Gasteiger charge is -2.28. The largest absolute Gasteiger partial charge is 0.340 e. The van der Waals surface area contributed by atoms with Crippen LogP contribution in [0.25, 0.3) is 0 Å².